The molecule has 2 aliphatic rings. The molecule has 0 radical (unpaired) electrons. The molecule has 1 saturated heterocycles. The van der Waals surface area contributed by atoms with Crippen molar-refractivity contribution in [1.82, 2.24) is 0 Å². The molecule has 0 aromatic heterocycles. The fourth-order valence-electron chi connectivity index (χ4n) is 1.61. The first-order valence-corrected chi connectivity index (χ1v) is 4.95. The van der Waals surface area contributed by atoms with Crippen LogP contribution >= 0.6 is 11.8 Å². The number of aliphatic hydroxyl groups is 1. The summed E-state index contributed by atoms with van der Waals surface area (Å²) in [6, 6.07) is 0. The monoisotopic (exact) mass is 168 g/mol. The van der Waals surface area contributed by atoms with Crippen molar-refractivity contribution in [2.24, 2.45) is 5.92 Å². The minimum Gasteiger partial charge on any atom is -0.382 e. The van der Waals surface area contributed by atoms with Gasteiger partial charge in [-0.25, -0.2) is 0 Å². The Kier molecular flexibility index (Phi) is 2.05. The van der Waals surface area contributed by atoms with Gasteiger partial charge >= 0.3 is 0 Å². The second kappa shape index (κ2) is 3.03. The number of rotatable bonds is 0. The van der Waals surface area contributed by atoms with E-state index in [1.165, 1.54) is 11.3 Å². The summed E-state index contributed by atoms with van der Waals surface area (Å²) in [5.74, 6) is 0.716. The Hall–Kier alpha value is -0.210. The molecule has 2 atom stereocenters. The molecule has 2 rings (SSSR count). The van der Waals surface area contributed by atoms with Crippen LogP contribution in [-0.4, -0.2) is 10.5 Å². The SMILES string of the molecule is OC1CCC2CC=CC=C2S1. The van der Waals surface area contributed by atoms with E-state index < -0.39 is 0 Å². The van der Waals surface area contributed by atoms with Crippen molar-refractivity contribution >= 4 is 11.8 Å². The minimum absolute atomic E-state index is 0.149. The maximum absolute atomic E-state index is 9.35. The second-order valence-electron chi connectivity index (χ2n) is 3.08. The van der Waals surface area contributed by atoms with Crippen LogP contribution in [-0.2, 0) is 0 Å². The van der Waals surface area contributed by atoms with E-state index in [1.807, 2.05) is 0 Å². The Morgan fingerprint density at radius 2 is 2.36 bits per heavy atom. The van der Waals surface area contributed by atoms with Gasteiger partial charge in [0.25, 0.3) is 0 Å². The Bertz CT molecular complexity index is 208. The number of allylic oxidation sites excluding steroid dienone is 4. The quantitative estimate of drug-likeness (QED) is 0.599. The van der Waals surface area contributed by atoms with Crippen LogP contribution in [0.4, 0.5) is 0 Å². The zero-order valence-corrected chi connectivity index (χ0v) is 7.18. The van der Waals surface area contributed by atoms with E-state index in [-0.39, 0.29) is 5.44 Å². The van der Waals surface area contributed by atoms with Crippen molar-refractivity contribution in [3.63, 3.8) is 0 Å². The molecule has 60 valence electrons. The van der Waals surface area contributed by atoms with Crippen LogP contribution in [0.1, 0.15) is 19.3 Å². The molecule has 0 aromatic carbocycles. The summed E-state index contributed by atoms with van der Waals surface area (Å²) in [6.07, 6.45) is 9.74. The largest absolute Gasteiger partial charge is 0.382 e. The van der Waals surface area contributed by atoms with Crippen LogP contribution in [0.15, 0.2) is 23.1 Å². The van der Waals surface area contributed by atoms with E-state index in [9.17, 15) is 5.11 Å². The van der Waals surface area contributed by atoms with Crippen molar-refractivity contribution in [1.29, 1.82) is 0 Å². The van der Waals surface area contributed by atoms with Gasteiger partial charge in [0.1, 0.15) is 5.44 Å². The van der Waals surface area contributed by atoms with Crippen LogP contribution in [0, 0.1) is 5.92 Å². The summed E-state index contributed by atoms with van der Waals surface area (Å²) in [6.45, 7) is 0. The van der Waals surface area contributed by atoms with Crippen molar-refractivity contribution in [2.75, 3.05) is 0 Å². The first-order chi connectivity index (χ1) is 5.36. The summed E-state index contributed by atoms with van der Waals surface area (Å²) in [5, 5.41) is 9.35. The molecule has 1 nitrogen and oxygen atoms in total. The Morgan fingerprint density at radius 3 is 3.27 bits per heavy atom. The minimum atomic E-state index is -0.149. The van der Waals surface area contributed by atoms with Crippen LogP contribution in [0.5, 0.6) is 0 Å². The third kappa shape index (κ3) is 1.52. The van der Waals surface area contributed by atoms with Gasteiger partial charge in [-0.15, -0.1) is 0 Å². The van der Waals surface area contributed by atoms with Crippen molar-refractivity contribution in [2.45, 2.75) is 24.7 Å². The second-order valence-corrected chi connectivity index (χ2v) is 4.33. The van der Waals surface area contributed by atoms with E-state index >= 15 is 0 Å². The molecule has 2 unspecified atom stereocenters. The molecule has 1 heterocycles. The molecule has 0 bridgehead atoms. The summed E-state index contributed by atoms with van der Waals surface area (Å²) in [5.41, 5.74) is -0.149. The summed E-state index contributed by atoms with van der Waals surface area (Å²) in [4.78, 5) is 1.38. The third-order valence-corrected chi connectivity index (χ3v) is 3.50. The Labute approximate surface area is 71.2 Å². The molecular formula is C9H12OS. The highest BCUT2D eigenvalue weighted by Crippen LogP contribution is 2.41. The fourth-order valence-corrected chi connectivity index (χ4v) is 2.75. The standard InChI is InChI=1S/C9H12OS/c10-9-6-5-7-3-1-2-4-8(7)11-9/h1-2,4,7,9-10H,3,5-6H2. The lowest BCUT2D eigenvalue weighted by atomic mass is 9.95. The van der Waals surface area contributed by atoms with Gasteiger partial charge in [-0.3, -0.25) is 0 Å². The summed E-state index contributed by atoms with van der Waals surface area (Å²) >= 11 is 1.64. The highest BCUT2D eigenvalue weighted by molar-refractivity contribution is 8.03. The van der Waals surface area contributed by atoms with E-state index in [2.05, 4.69) is 18.2 Å². The lowest BCUT2D eigenvalue weighted by Gasteiger charge is -2.28. The topological polar surface area (TPSA) is 20.2 Å². The molecule has 0 spiro atoms. The van der Waals surface area contributed by atoms with Crippen molar-refractivity contribution in [3.05, 3.63) is 23.1 Å². The lowest BCUT2D eigenvalue weighted by molar-refractivity contribution is 0.236. The molecule has 1 aliphatic heterocycles. The molecule has 1 N–H and O–H groups in total. The first-order valence-electron chi connectivity index (χ1n) is 4.08. The van der Waals surface area contributed by atoms with Gasteiger partial charge < -0.3 is 5.11 Å². The molecule has 11 heavy (non-hydrogen) atoms. The number of fused-ring (bicyclic) bond motifs is 1. The Morgan fingerprint density at radius 1 is 1.45 bits per heavy atom. The van der Waals surface area contributed by atoms with Crippen molar-refractivity contribution < 1.29 is 5.11 Å². The van der Waals surface area contributed by atoms with E-state index in [4.69, 9.17) is 0 Å². The average Bonchev–Trinajstić information content (AvgIpc) is 2.04. The number of thioether (sulfide) groups is 1. The van der Waals surface area contributed by atoms with Gasteiger partial charge in [-0.05, 0) is 30.1 Å². The third-order valence-electron chi connectivity index (χ3n) is 2.25. The molecule has 1 fully saturated rings. The zero-order chi connectivity index (χ0) is 7.68. The van der Waals surface area contributed by atoms with Gasteiger partial charge in [-0.1, -0.05) is 30.0 Å². The summed E-state index contributed by atoms with van der Waals surface area (Å²) < 4.78 is 0. The molecule has 0 amide bonds. The van der Waals surface area contributed by atoms with Gasteiger partial charge in [0.15, 0.2) is 0 Å². The van der Waals surface area contributed by atoms with Crippen LogP contribution < -0.4 is 0 Å². The number of hydrogen-bond donors (Lipinski definition) is 1. The summed E-state index contributed by atoms with van der Waals surface area (Å²) in [7, 11) is 0. The lowest BCUT2D eigenvalue weighted by Crippen LogP contribution is -2.16. The molecular weight excluding hydrogens is 156 g/mol. The maximum atomic E-state index is 9.35. The van der Waals surface area contributed by atoms with Crippen LogP contribution in [0.25, 0.3) is 0 Å². The predicted molar refractivity (Wildman–Crippen MR) is 48.2 cm³/mol. The van der Waals surface area contributed by atoms with E-state index in [0.717, 1.165) is 12.8 Å². The van der Waals surface area contributed by atoms with Gasteiger partial charge in [0, 0.05) is 0 Å². The average molecular weight is 168 g/mol. The zero-order valence-electron chi connectivity index (χ0n) is 6.36. The molecule has 0 saturated carbocycles. The van der Waals surface area contributed by atoms with Gasteiger partial charge in [0.05, 0.1) is 0 Å². The first kappa shape index (κ1) is 7.44. The predicted octanol–water partition coefficient (Wildman–Crippen LogP) is 2.29. The smallest absolute Gasteiger partial charge is 0.103 e. The molecule has 2 heteroatoms. The van der Waals surface area contributed by atoms with Crippen LogP contribution in [0.2, 0.25) is 0 Å². The number of aliphatic hydroxyl groups excluding tert-OH is 1. The van der Waals surface area contributed by atoms with Gasteiger partial charge in [-0.2, -0.15) is 0 Å². The molecule has 1 aliphatic carbocycles. The molecule has 0 aromatic rings. The highest BCUT2D eigenvalue weighted by Gasteiger charge is 2.24. The van der Waals surface area contributed by atoms with Crippen molar-refractivity contribution in [3.8, 4) is 0 Å². The number of hydrogen-bond acceptors (Lipinski definition) is 2. The fraction of sp³-hybridized carbons (Fsp3) is 0.556. The van der Waals surface area contributed by atoms with E-state index in [1.54, 1.807) is 11.8 Å². The van der Waals surface area contributed by atoms with Gasteiger partial charge in [0.2, 0.25) is 0 Å². The van der Waals surface area contributed by atoms with Crippen LogP contribution in [0.3, 0.4) is 0 Å². The maximum Gasteiger partial charge on any atom is 0.103 e. The Balaban J connectivity index is 2.12. The normalized spacial score (nSPS) is 36.3. The van der Waals surface area contributed by atoms with E-state index in [0.29, 0.717) is 5.92 Å². The highest BCUT2D eigenvalue weighted by atomic mass is 32.2.